The summed E-state index contributed by atoms with van der Waals surface area (Å²) in [7, 11) is 1.54. The molecule has 2 aromatic carbocycles. The summed E-state index contributed by atoms with van der Waals surface area (Å²) in [5, 5.41) is 8.87. The smallest absolute Gasteiger partial charge is 0.169 e. The first-order chi connectivity index (χ1) is 9.67. The molecule has 0 unspecified atom stereocenters. The first-order valence-electron chi connectivity index (χ1n) is 5.78. The molecule has 2 aromatic rings. The third-order valence-electron chi connectivity index (χ3n) is 2.69. The fourth-order valence-electron chi connectivity index (χ4n) is 1.65. The minimum Gasteiger partial charge on any atom is -0.493 e. The molecule has 0 fully saturated rings. The molecule has 3 nitrogen and oxygen atoms in total. The van der Waals surface area contributed by atoms with Crippen molar-refractivity contribution < 1.29 is 9.47 Å². The van der Waals surface area contributed by atoms with Gasteiger partial charge in [-0.1, -0.05) is 22.0 Å². The number of halogens is 2. The van der Waals surface area contributed by atoms with Gasteiger partial charge in [0.15, 0.2) is 11.5 Å². The van der Waals surface area contributed by atoms with Gasteiger partial charge in [0.25, 0.3) is 0 Å². The van der Waals surface area contributed by atoms with Gasteiger partial charge in [-0.2, -0.15) is 5.26 Å². The van der Waals surface area contributed by atoms with Gasteiger partial charge in [0, 0.05) is 16.4 Å². The van der Waals surface area contributed by atoms with Crippen molar-refractivity contribution in [2.45, 2.75) is 5.88 Å². The zero-order valence-electron chi connectivity index (χ0n) is 10.7. The van der Waals surface area contributed by atoms with E-state index in [4.69, 9.17) is 26.3 Å². The van der Waals surface area contributed by atoms with Crippen molar-refractivity contribution >= 4 is 27.5 Å². The lowest BCUT2D eigenvalue weighted by Gasteiger charge is -2.11. The lowest BCUT2D eigenvalue weighted by molar-refractivity contribution is 0.378. The van der Waals surface area contributed by atoms with Crippen molar-refractivity contribution in [1.82, 2.24) is 0 Å². The molecular formula is C15H11BrClNO2. The number of hydrogen-bond donors (Lipinski definition) is 0. The van der Waals surface area contributed by atoms with E-state index >= 15 is 0 Å². The minimum absolute atomic E-state index is 0.432. The van der Waals surface area contributed by atoms with Crippen LogP contribution in [0.1, 0.15) is 11.1 Å². The number of hydrogen-bond acceptors (Lipinski definition) is 3. The van der Waals surface area contributed by atoms with Crippen molar-refractivity contribution in [2.24, 2.45) is 0 Å². The molecule has 2 rings (SSSR count). The van der Waals surface area contributed by atoms with Crippen LogP contribution in [0.5, 0.6) is 17.2 Å². The van der Waals surface area contributed by atoms with Crippen LogP contribution in [0.4, 0.5) is 0 Å². The van der Waals surface area contributed by atoms with Crippen LogP contribution >= 0.6 is 27.5 Å². The van der Waals surface area contributed by atoms with Crippen LogP contribution in [-0.4, -0.2) is 7.11 Å². The summed E-state index contributed by atoms with van der Waals surface area (Å²) >= 11 is 9.24. The Morgan fingerprint density at radius 3 is 2.60 bits per heavy atom. The molecule has 0 aliphatic carbocycles. The highest BCUT2D eigenvalue weighted by molar-refractivity contribution is 9.10. The van der Waals surface area contributed by atoms with E-state index < -0.39 is 0 Å². The van der Waals surface area contributed by atoms with Crippen LogP contribution in [0, 0.1) is 11.3 Å². The number of rotatable bonds is 4. The summed E-state index contributed by atoms with van der Waals surface area (Å²) in [6.07, 6.45) is 0. The Labute approximate surface area is 130 Å². The maximum absolute atomic E-state index is 8.87. The largest absolute Gasteiger partial charge is 0.493 e. The molecule has 0 saturated carbocycles. The molecule has 0 aliphatic rings. The highest BCUT2D eigenvalue weighted by Crippen LogP contribution is 2.34. The second kappa shape index (κ2) is 6.65. The molecule has 102 valence electrons. The second-order valence-electron chi connectivity index (χ2n) is 3.97. The van der Waals surface area contributed by atoms with Gasteiger partial charge in [0.05, 0.1) is 18.7 Å². The van der Waals surface area contributed by atoms with E-state index in [-0.39, 0.29) is 0 Å². The summed E-state index contributed by atoms with van der Waals surface area (Å²) in [5.41, 5.74) is 1.51. The van der Waals surface area contributed by atoms with E-state index in [1.807, 2.05) is 18.2 Å². The number of nitriles is 1. The van der Waals surface area contributed by atoms with Crippen LogP contribution < -0.4 is 9.47 Å². The lowest BCUT2D eigenvalue weighted by atomic mass is 10.2. The summed E-state index contributed by atoms with van der Waals surface area (Å²) in [5.74, 6) is 2.16. The maximum atomic E-state index is 8.87. The molecule has 0 saturated heterocycles. The predicted octanol–water partition coefficient (Wildman–Crippen LogP) is 4.86. The predicted molar refractivity (Wildman–Crippen MR) is 81.5 cm³/mol. The maximum Gasteiger partial charge on any atom is 0.169 e. The van der Waals surface area contributed by atoms with Crippen molar-refractivity contribution in [1.29, 1.82) is 5.26 Å². The quantitative estimate of drug-likeness (QED) is 0.738. The van der Waals surface area contributed by atoms with Crippen LogP contribution in [-0.2, 0) is 5.88 Å². The Bertz CT molecular complexity index is 667. The molecule has 0 N–H and O–H groups in total. The van der Waals surface area contributed by atoms with Gasteiger partial charge in [0.2, 0.25) is 0 Å². The monoisotopic (exact) mass is 351 g/mol. The zero-order valence-corrected chi connectivity index (χ0v) is 13.0. The van der Waals surface area contributed by atoms with Crippen LogP contribution in [0.2, 0.25) is 0 Å². The highest BCUT2D eigenvalue weighted by Gasteiger charge is 2.08. The fraction of sp³-hybridized carbons (Fsp3) is 0.133. The normalized spacial score (nSPS) is 9.90. The van der Waals surface area contributed by atoms with E-state index in [2.05, 4.69) is 22.0 Å². The standard InChI is InChI=1S/C15H11BrClNO2/c1-19-15-6-10(9-18)2-5-14(15)20-12-4-3-11(8-17)13(16)7-12/h2-7H,8H2,1H3. The summed E-state index contributed by atoms with van der Waals surface area (Å²) in [6.45, 7) is 0. The third-order valence-corrected chi connectivity index (χ3v) is 3.72. The average Bonchev–Trinajstić information content (AvgIpc) is 2.48. The summed E-state index contributed by atoms with van der Waals surface area (Å²) in [4.78, 5) is 0. The van der Waals surface area contributed by atoms with Crippen LogP contribution in [0.15, 0.2) is 40.9 Å². The van der Waals surface area contributed by atoms with Gasteiger partial charge < -0.3 is 9.47 Å². The summed E-state index contributed by atoms with van der Waals surface area (Å²) in [6, 6.07) is 12.7. The molecule has 0 amide bonds. The number of benzene rings is 2. The number of nitrogens with zero attached hydrogens (tertiary/aromatic N) is 1. The van der Waals surface area contributed by atoms with Gasteiger partial charge in [0.1, 0.15) is 5.75 Å². The molecule has 0 aliphatic heterocycles. The first-order valence-corrected chi connectivity index (χ1v) is 7.11. The third kappa shape index (κ3) is 3.24. The minimum atomic E-state index is 0.432. The van der Waals surface area contributed by atoms with Gasteiger partial charge in [-0.25, -0.2) is 0 Å². The van der Waals surface area contributed by atoms with E-state index in [9.17, 15) is 0 Å². The lowest BCUT2D eigenvalue weighted by Crippen LogP contribution is -1.92. The number of ether oxygens (including phenoxy) is 2. The van der Waals surface area contributed by atoms with Gasteiger partial charge in [-0.05, 0) is 29.8 Å². The van der Waals surface area contributed by atoms with E-state index in [0.29, 0.717) is 28.7 Å². The molecular weight excluding hydrogens is 342 g/mol. The summed E-state index contributed by atoms with van der Waals surface area (Å²) < 4.78 is 11.9. The molecule has 20 heavy (non-hydrogen) atoms. The average molecular weight is 353 g/mol. The molecule has 0 spiro atoms. The van der Waals surface area contributed by atoms with Crippen molar-refractivity contribution in [3.8, 4) is 23.3 Å². The fourth-order valence-corrected chi connectivity index (χ4v) is 2.54. The van der Waals surface area contributed by atoms with Crippen molar-refractivity contribution in [3.63, 3.8) is 0 Å². The Balaban J connectivity index is 2.30. The van der Waals surface area contributed by atoms with Crippen LogP contribution in [0.25, 0.3) is 0 Å². The molecule has 0 atom stereocenters. The van der Waals surface area contributed by atoms with Crippen LogP contribution in [0.3, 0.4) is 0 Å². The number of methoxy groups -OCH3 is 1. The van der Waals surface area contributed by atoms with E-state index in [1.54, 1.807) is 18.2 Å². The van der Waals surface area contributed by atoms with Gasteiger partial charge in [-0.3, -0.25) is 0 Å². The number of alkyl halides is 1. The molecule has 0 bridgehead atoms. The van der Waals surface area contributed by atoms with E-state index in [1.165, 1.54) is 7.11 Å². The Morgan fingerprint density at radius 1 is 1.20 bits per heavy atom. The Hall–Kier alpha value is -1.70. The van der Waals surface area contributed by atoms with Gasteiger partial charge >= 0.3 is 0 Å². The van der Waals surface area contributed by atoms with Gasteiger partial charge in [-0.15, -0.1) is 11.6 Å². The molecule has 0 radical (unpaired) electrons. The molecule has 5 heteroatoms. The van der Waals surface area contributed by atoms with E-state index in [0.717, 1.165) is 10.0 Å². The Morgan fingerprint density at radius 2 is 2.00 bits per heavy atom. The molecule has 0 aromatic heterocycles. The highest BCUT2D eigenvalue weighted by atomic mass is 79.9. The van der Waals surface area contributed by atoms with Crippen molar-refractivity contribution in [2.75, 3.05) is 7.11 Å². The zero-order chi connectivity index (χ0) is 14.5. The SMILES string of the molecule is COc1cc(C#N)ccc1Oc1ccc(CCl)c(Br)c1. The molecule has 0 heterocycles. The Kier molecular flexibility index (Phi) is 4.89. The second-order valence-corrected chi connectivity index (χ2v) is 5.09. The first kappa shape index (κ1) is 14.7. The topological polar surface area (TPSA) is 42.2 Å². The van der Waals surface area contributed by atoms with Crippen molar-refractivity contribution in [3.05, 3.63) is 52.0 Å².